The number of rotatable bonds is 1. The number of ether oxygens (including phenoxy) is 1. The van der Waals surface area contributed by atoms with Crippen molar-refractivity contribution in [2.75, 3.05) is 0 Å². The molecule has 2 aromatic carbocycles. The van der Waals surface area contributed by atoms with E-state index in [1.54, 1.807) is 12.1 Å². The Morgan fingerprint density at radius 1 is 0.913 bits per heavy atom. The molecule has 1 fully saturated rings. The monoisotopic (exact) mass is 332 g/mol. The van der Waals surface area contributed by atoms with Gasteiger partial charge in [0.15, 0.2) is 0 Å². The highest BCUT2D eigenvalue weighted by molar-refractivity contribution is 7.87. The Labute approximate surface area is 136 Å². The van der Waals surface area contributed by atoms with E-state index in [4.69, 9.17) is 8.92 Å². The van der Waals surface area contributed by atoms with Gasteiger partial charge in [-0.1, -0.05) is 56.0 Å². The van der Waals surface area contributed by atoms with Crippen LogP contribution in [0.3, 0.4) is 0 Å². The quantitative estimate of drug-likeness (QED) is 0.579. The summed E-state index contributed by atoms with van der Waals surface area (Å²) in [5.41, 5.74) is 0. The number of fused-ring (bicyclic) bond motifs is 3. The van der Waals surface area contributed by atoms with E-state index in [0.717, 1.165) is 31.1 Å². The number of hydrogen-bond acceptors (Lipinski definition) is 4. The summed E-state index contributed by atoms with van der Waals surface area (Å²) < 4.78 is 36.9. The average Bonchev–Trinajstić information content (AvgIpc) is 2.82. The van der Waals surface area contributed by atoms with Gasteiger partial charge in [-0.15, -0.1) is 0 Å². The molecule has 1 heterocycles. The number of benzene rings is 2. The minimum atomic E-state index is -3.80. The SMILES string of the molecule is O=S1(=O)OC(C2CCCCCC2)Oc2ccc3ccccc3c21. The van der Waals surface area contributed by atoms with Crippen LogP contribution in [0.15, 0.2) is 41.3 Å². The second-order valence-electron chi connectivity index (χ2n) is 6.40. The lowest BCUT2D eigenvalue weighted by molar-refractivity contribution is -0.0511. The Hall–Kier alpha value is -1.59. The maximum absolute atomic E-state index is 12.7. The van der Waals surface area contributed by atoms with Gasteiger partial charge in [0.05, 0.1) is 0 Å². The molecule has 122 valence electrons. The third-order valence-corrected chi connectivity index (χ3v) is 6.21. The van der Waals surface area contributed by atoms with Gasteiger partial charge in [0.1, 0.15) is 10.6 Å². The van der Waals surface area contributed by atoms with Crippen molar-refractivity contribution in [1.82, 2.24) is 0 Å². The van der Waals surface area contributed by atoms with Crippen LogP contribution in [-0.2, 0) is 14.3 Å². The molecule has 2 aliphatic rings. The van der Waals surface area contributed by atoms with Crippen molar-refractivity contribution in [2.24, 2.45) is 5.92 Å². The van der Waals surface area contributed by atoms with E-state index in [1.165, 1.54) is 12.8 Å². The average molecular weight is 332 g/mol. The van der Waals surface area contributed by atoms with Gasteiger partial charge in [0, 0.05) is 11.3 Å². The van der Waals surface area contributed by atoms with Crippen LogP contribution in [0.5, 0.6) is 5.75 Å². The zero-order valence-corrected chi connectivity index (χ0v) is 13.7. The van der Waals surface area contributed by atoms with Gasteiger partial charge < -0.3 is 4.74 Å². The van der Waals surface area contributed by atoms with E-state index in [1.807, 2.05) is 24.3 Å². The zero-order valence-electron chi connectivity index (χ0n) is 12.9. The summed E-state index contributed by atoms with van der Waals surface area (Å²) in [5, 5.41) is 1.53. The summed E-state index contributed by atoms with van der Waals surface area (Å²) >= 11 is 0. The fraction of sp³-hybridized carbons (Fsp3) is 0.444. The highest BCUT2D eigenvalue weighted by atomic mass is 32.2. The summed E-state index contributed by atoms with van der Waals surface area (Å²) in [6, 6.07) is 11.1. The molecule has 23 heavy (non-hydrogen) atoms. The van der Waals surface area contributed by atoms with Crippen LogP contribution in [0.1, 0.15) is 38.5 Å². The molecule has 1 aliphatic carbocycles. The van der Waals surface area contributed by atoms with Gasteiger partial charge >= 0.3 is 10.1 Å². The molecule has 0 N–H and O–H groups in total. The van der Waals surface area contributed by atoms with Crippen LogP contribution in [0.25, 0.3) is 10.8 Å². The van der Waals surface area contributed by atoms with Crippen molar-refractivity contribution in [3.8, 4) is 5.75 Å². The Morgan fingerprint density at radius 3 is 2.43 bits per heavy atom. The van der Waals surface area contributed by atoms with E-state index >= 15 is 0 Å². The van der Waals surface area contributed by atoms with Crippen molar-refractivity contribution < 1.29 is 17.3 Å². The third kappa shape index (κ3) is 2.72. The normalized spacial score (nSPS) is 24.6. The first-order valence-corrected chi connectivity index (χ1v) is 9.68. The standard InChI is InChI=1S/C18H20O4S/c19-23(20)17-15-10-6-5-7-13(15)11-12-16(17)21-18(22-23)14-8-3-1-2-4-9-14/h5-7,10-12,14,18H,1-4,8-9H2. The minimum absolute atomic E-state index is 0.145. The van der Waals surface area contributed by atoms with E-state index in [2.05, 4.69) is 0 Å². The predicted octanol–water partition coefficient (Wildman–Crippen LogP) is 4.23. The maximum Gasteiger partial charge on any atom is 0.304 e. The zero-order chi connectivity index (χ0) is 15.9. The van der Waals surface area contributed by atoms with Crippen molar-refractivity contribution in [1.29, 1.82) is 0 Å². The van der Waals surface area contributed by atoms with Crippen LogP contribution in [0.4, 0.5) is 0 Å². The molecule has 4 nitrogen and oxygen atoms in total. The second-order valence-corrected chi connectivity index (χ2v) is 7.91. The highest BCUT2D eigenvalue weighted by Crippen LogP contribution is 2.41. The Balaban J connectivity index is 1.76. The van der Waals surface area contributed by atoms with Crippen molar-refractivity contribution in [3.63, 3.8) is 0 Å². The van der Waals surface area contributed by atoms with Crippen LogP contribution in [0, 0.1) is 5.92 Å². The molecular formula is C18H20O4S. The van der Waals surface area contributed by atoms with Crippen molar-refractivity contribution in [2.45, 2.75) is 49.7 Å². The van der Waals surface area contributed by atoms with E-state index in [0.29, 0.717) is 11.1 Å². The van der Waals surface area contributed by atoms with Crippen LogP contribution < -0.4 is 4.74 Å². The second kappa shape index (κ2) is 5.80. The number of hydrogen-bond donors (Lipinski definition) is 0. The molecule has 0 saturated heterocycles. The molecular weight excluding hydrogens is 312 g/mol. The predicted molar refractivity (Wildman–Crippen MR) is 87.8 cm³/mol. The fourth-order valence-corrected chi connectivity index (χ4v) is 5.01. The van der Waals surface area contributed by atoms with Gasteiger partial charge in [-0.2, -0.15) is 8.42 Å². The Kier molecular flexibility index (Phi) is 3.77. The lowest BCUT2D eigenvalue weighted by Gasteiger charge is -2.31. The van der Waals surface area contributed by atoms with Crippen LogP contribution >= 0.6 is 0 Å². The van der Waals surface area contributed by atoms with E-state index in [9.17, 15) is 8.42 Å². The van der Waals surface area contributed by atoms with Gasteiger partial charge in [-0.25, -0.2) is 4.18 Å². The molecule has 0 aromatic heterocycles. The van der Waals surface area contributed by atoms with Crippen molar-refractivity contribution in [3.05, 3.63) is 36.4 Å². The molecule has 2 aromatic rings. The van der Waals surface area contributed by atoms with Crippen LogP contribution in [-0.4, -0.2) is 14.7 Å². The minimum Gasteiger partial charge on any atom is -0.462 e. The van der Waals surface area contributed by atoms with Gasteiger partial charge in [0.25, 0.3) is 0 Å². The topological polar surface area (TPSA) is 52.6 Å². The largest absolute Gasteiger partial charge is 0.462 e. The van der Waals surface area contributed by atoms with Crippen molar-refractivity contribution >= 4 is 20.9 Å². The van der Waals surface area contributed by atoms with Crippen LogP contribution in [0.2, 0.25) is 0 Å². The smallest absolute Gasteiger partial charge is 0.304 e. The first-order valence-electron chi connectivity index (χ1n) is 8.27. The van der Waals surface area contributed by atoms with Gasteiger partial charge in [-0.05, 0) is 24.3 Å². The van der Waals surface area contributed by atoms with Gasteiger partial charge in [-0.3, -0.25) is 0 Å². The van der Waals surface area contributed by atoms with Gasteiger partial charge in [0.2, 0.25) is 6.29 Å². The molecule has 1 unspecified atom stereocenters. The molecule has 1 atom stereocenters. The fourth-order valence-electron chi connectivity index (χ4n) is 3.65. The summed E-state index contributed by atoms with van der Waals surface area (Å²) in [6.07, 6.45) is 5.87. The third-order valence-electron chi connectivity index (χ3n) is 4.84. The molecule has 1 aliphatic heterocycles. The maximum atomic E-state index is 12.7. The highest BCUT2D eigenvalue weighted by Gasteiger charge is 2.38. The lowest BCUT2D eigenvalue weighted by Crippen LogP contribution is -2.36. The van der Waals surface area contributed by atoms with E-state index < -0.39 is 16.4 Å². The molecule has 0 amide bonds. The molecule has 0 bridgehead atoms. The Morgan fingerprint density at radius 2 is 1.65 bits per heavy atom. The molecule has 5 heteroatoms. The summed E-state index contributed by atoms with van der Waals surface area (Å²) in [7, 11) is -3.80. The first kappa shape index (κ1) is 15.0. The molecule has 4 rings (SSSR count). The summed E-state index contributed by atoms with van der Waals surface area (Å²) in [5.74, 6) is 0.566. The summed E-state index contributed by atoms with van der Waals surface area (Å²) in [6.45, 7) is 0. The molecule has 0 radical (unpaired) electrons. The van der Waals surface area contributed by atoms with E-state index in [-0.39, 0.29) is 10.8 Å². The molecule has 0 spiro atoms. The summed E-state index contributed by atoms with van der Waals surface area (Å²) in [4.78, 5) is 0.167. The molecule has 1 saturated carbocycles. The lowest BCUT2D eigenvalue weighted by atomic mass is 10.00. The Bertz CT molecular complexity index is 820. The first-order chi connectivity index (χ1) is 11.1.